The van der Waals surface area contributed by atoms with Crippen LogP contribution >= 0.6 is 11.6 Å². The Hall–Kier alpha value is -3.32. The first-order valence-corrected chi connectivity index (χ1v) is 12.5. The largest absolute Gasteiger partial charge is 0.361 e. The first kappa shape index (κ1) is 23.4. The number of amides is 3. The number of piperidine rings is 1. The number of fused-ring (bicyclic) bond motifs is 1. The fourth-order valence-electron chi connectivity index (χ4n) is 5.17. The summed E-state index contributed by atoms with van der Waals surface area (Å²) in [5.41, 5.74) is 2.99. The molecule has 2 fully saturated rings. The Morgan fingerprint density at radius 1 is 1.06 bits per heavy atom. The third-order valence-corrected chi connectivity index (χ3v) is 7.38. The van der Waals surface area contributed by atoms with Crippen LogP contribution in [0.1, 0.15) is 24.8 Å². The molecular weight excluding hydrogens is 464 g/mol. The van der Waals surface area contributed by atoms with Gasteiger partial charge < -0.3 is 20.1 Å². The van der Waals surface area contributed by atoms with Crippen molar-refractivity contribution in [3.63, 3.8) is 0 Å². The van der Waals surface area contributed by atoms with Gasteiger partial charge >= 0.3 is 0 Å². The van der Waals surface area contributed by atoms with Gasteiger partial charge in [-0.1, -0.05) is 29.8 Å². The zero-order valence-corrected chi connectivity index (χ0v) is 20.3. The van der Waals surface area contributed by atoms with Crippen molar-refractivity contribution >= 4 is 45.9 Å². The van der Waals surface area contributed by atoms with Crippen molar-refractivity contribution in [2.45, 2.75) is 25.7 Å². The van der Waals surface area contributed by atoms with E-state index in [0.717, 1.165) is 28.6 Å². The average molecular weight is 493 g/mol. The SMILES string of the molecule is O=C(NCCc1c[nH]c2ccc(Cl)cc12)C1CCN(C(=O)C2CC(=O)N(c3ccccc3)C2)CC1. The van der Waals surface area contributed by atoms with E-state index in [2.05, 4.69) is 10.3 Å². The Kier molecular flexibility index (Phi) is 6.77. The summed E-state index contributed by atoms with van der Waals surface area (Å²) in [6.45, 7) is 2.07. The number of H-pyrrole nitrogens is 1. The number of nitrogens with one attached hydrogen (secondary N) is 2. The number of carbonyl (C=O) groups excluding carboxylic acids is 3. The van der Waals surface area contributed by atoms with Crippen LogP contribution in [0, 0.1) is 11.8 Å². The molecule has 0 bridgehead atoms. The molecule has 2 saturated heterocycles. The summed E-state index contributed by atoms with van der Waals surface area (Å²) in [4.78, 5) is 45.0. The number of benzene rings is 2. The summed E-state index contributed by atoms with van der Waals surface area (Å²) >= 11 is 6.12. The van der Waals surface area contributed by atoms with Gasteiger partial charge in [0.1, 0.15) is 0 Å². The predicted molar refractivity (Wildman–Crippen MR) is 136 cm³/mol. The maximum Gasteiger partial charge on any atom is 0.228 e. The van der Waals surface area contributed by atoms with E-state index in [1.807, 2.05) is 59.6 Å². The van der Waals surface area contributed by atoms with E-state index < -0.39 is 0 Å². The topological polar surface area (TPSA) is 85.5 Å². The van der Waals surface area contributed by atoms with Crippen LogP contribution in [0.5, 0.6) is 0 Å². The van der Waals surface area contributed by atoms with E-state index in [-0.39, 0.29) is 36.0 Å². The Balaban J connectivity index is 1.08. The van der Waals surface area contributed by atoms with E-state index in [9.17, 15) is 14.4 Å². The molecule has 5 rings (SSSR count). The second-order valence-corrected chi connectivity index (χ2v) is 9.82. The van der Waals surface area contributed by atoms with E-state index in [0.29, 0.717) is 44.0 Å². The lowest BCUT2D eigenvalue weighted by atomic mass is 9.94. The van der Waals surface area contributed by atoms with Gasteiger partial charge in [0.05, 0.1) is 5.92 Å². The van der Waals surface area contributed by atoms with Crippen LogP contribution in [0.3, 0.4) is 0 Å². The van der Waals surface area contributed by atoms with E-state index >= 15 is 0 Å². The van der Waals surface area contributed by atoms with Gasteiger partial charge in [0.2, 0.25) is 17.7 Å². The molecule has 8 heteroatoms. The molecule has 2 aliphatic rings. The Morgan fingerprint density at radius 3 is 2.60 bits per heavy atom. The highest BCUT2D eigenvalue weighted by atomic mass is 35.5. The Labute approximate surface area is 209 Å². The number of rotatable bonds is 6. The van der Waals surface area contributed by atoms with Gasteiger partial charge in [0.25, 0.3) is 0 Å². The third-order valence-electron chi connectivity index (χ3n) is 7.14. The van der Waals surface area contributed by atoms with Crippen molar-refractivity contribution in [3.05, 3.63) is 65.3 Å². The smallest absolute Gasteiger partial charge is 0.228 e. The fraction of sp³-hybridized carbons (Fsp3) is 0.370. The van der Waals surface area contributed by atoms with Gasteiger partial charge in [-0.05, 0) is 55.2 Å². The van der Waals surface area contributed by atoms with Crippen molar-refractivity contribution in [2.24, 2.45) is 11.8 Å². The Bertz CT molecular complexity index is 1230. The first-order valence-electron chi connectivity index (χ1n) is 12.2. The van der Waals surface area contributed by atoms with Crippen LogP contribution < -0.4 is 10.2 Å². The molecule has 3 amide bonds. The van der Waals surface area contributed by atoms with E-state index in [1.165, 1.54) is 0 Å². The molecule has 3 heterocycles. The normalized spacial score (nSPS) is 18.9. The molecule has 2 aromatic carbocycles. The van der Waals surface area contributed by atoms with Gasteiger partial charge in [-0.15, -0.1) is 0 Å². The van der Waals surface area contributed by atoms with Crippen molar-refractivity contribution < 1.29 is 14.4 Å². The first-order chi connectivity index (χ1) is 17.0. The second-order valence-electron chi connectivity index (χ2n) is 9.39. The molecule has 0 saturated carbocycles. The zero-order valence-electron chi connectivity index (χ0n) is 19.5. The summed E-state index contributed by atoms with van der Waals surface area (Å²) in [5.74, 6) is -0.364. The van der Waals surface area contributed by atoms with Gasteiger partial charge in [0.15, 0.2) is 0 Å². The quantitative estimate of drug-likeness (QED) is 0.549. The highest BCUT2D eigenvalue weighted by molar-refractivity contribution is 6.31. The molecule has 0 spiro atoms. The number of para-hydroxylation sites is 1. The molecule has 7 nitrogen and oxygen atoms in total. The number of aromatic nitrogens is 1. The number of anilines is 1. The molecule has 35 heavy (non-hydrogen) atoms. The summed E-state index contributed by atoms with van der Waals surface area (Å²) in [6, 6.07) is 15.2. The van der Waals surface area contributed by atoms with Crippen LogP contribution in [-0.2, 0) is 20.8 Å². The molecule has 3 aromatic rings. The maximum atomic E-state index is 13.1. The second kappa shape index (κ2) is 10.1. The number of carbonyl (C=O) groups is 3. The lowest BCUT2D eigenvalue weighted by Gasteiger charge is -2.33. The number of hydrogen-bond acceptors (Lipinski definition) is 3. The third kappa shape index (κ3) is 5.05. The van der Waals surface area contributed by atoms with Gasteiger partial charge in [0, 0.05) is 66.3 Å². The highest BCUT2D eigenvalue weighted by Gasteiger charge is 2.38. The molecule has 1 unspecified atom stereocenters. The summed E-state index contributed by atoms with van der Waals surface area (Å²) < 4.78 is 0. The predicted octanol–water partition coefficient (Wildman–Crippen LogP) is 3.77. The number of aromatic amines is 1. The van der Waals surface area contributed by atoms with Gasteiger partial charge in [-0.25, -0.2) is 0 Å². The average Bonchev–Trinajstić information content (AvgIpc) is 3.47. The molecule has 1 atom stereocenters. The number of likely N-dealkylation sites (tertiary alicyclic amines) is 1. The van der Waals surface area contributed by atoms with Crippen molar-refractivity contribution in [1.29, 1.82) is 0 Å². The lowest BCUT2D eigenvalue weighted by Crippen LogP contribution is -2.45. The van der Waals surface area contributed by atoms with Crippen molar-refractivity contribution in [1.82, 2.24) is 15.2 Å². The van der Waals surface area contributed by atoms with Crippen molar-refractivity contribution in [3.8, 4) is 0 Å². The molecule has 0 radical (unpaired) electrons. The summed E-state index contributed by atoms with van der Waals surface area (Å²) in [5, 5.41) is 4.83. The van der Waals surface area contributed by atoms with Gasteiger partial charge in [-0.3, -0.25) is 14.4 Å². The zero-order chi connectivity index (χ0) is 24.4. The number of halogens is 1. The minimum atomic E-state index is -0.322. The standard InChI is InChI=1S/C27H29ClN4O3/c28-21-6-7-24-23(15-21)19(16-30-24)8-11-29-26(34)18-9-12-31(13-10-18)27(35)20-14-25(33)32(17-20)22-4-2-1-3-5-22/h1-7,15-16,18,20,30H,8-14,17H2,(H,29,34). The molecule has 2 aliphatic heterocycles. The molecule has 182 valence electrons. The van der Waals surface area contributed by atoms with Crippen molar-refractivity contribution in [2.75, 3.05) is 31.1 Å². The molecule has 1 aromatic heterocycles. The maximum absolute atomic E-state index is 13.1. The van der Waals surface area contributed by atoms with Crippen LogP contribution in [0.4, 0.5) is 5.69 Å². The van der Waals surface area contributed by atoms with E-state index in [1.54, 1.807) is 4.90 Å². The van der Waals surface area contributed by atoms with Crippen LogP contribution in [-0.4, -0.2) is 53.8 Å². The highest BCUT2D eigenvalue weighted by Crippen LogP contribution is 2.28. The van der Waals surface area contributed by atoms with Crippen LogP contribution in [0.2, 0.25) is 5.02 Å². The van der Waals surface area contributed by atoms with E-state index in [4.69, 9.17) is 11.6 Å². The summed E-state index contributed by atoms with van der Waals surface area (Å²) in [6.07, 6.45) is 4.21. The minimum Gasteiger partial charge on any atom is -0.361 e. The van der Waals surface area contributed by atoms with Crippen LogP contribution in [0.25, 0.3) is 10.9 Å². The summed E-state index contributed by atoms with van der Waals surface area (Å²) in [7, 11) is 0. The molecule has 0 aliphatic carbocycles. The van der Waals surface area contributed by atoms with Crippen LogP contribution in [0.15, 0.2) is 54.7 Å². The van der Waals surface area contributed by atoms with Gasteiger partial charge in [-0.2, -0.15) is 0 Å². The molecule has 2 N–H and O–H groups in total. The lowest BCUT2D eigenvalue weighted by molar-refractivity contribution is -0.139. The number of nitrogens with zero attached hydrogens (tertiary/aromatic N) is 2. The number of hydrogen-bond donors (Lipinski definition) is 2. The minimum absolute atomic E-state index is 0.0127. The Morgan fingerprint density at radius 2 is 1.83 bits per heavy atom. The fourth-order valence-corrected chi connectivity index (χ4v) is 5.35. The monoisotopic (exact) mass is 492 g/mol. The molecular formula is C27H29ClN4O3.